The van der Waals surface area contributed by atoms with Crippen LogP contribution in [0.1, 0.15) is 38.7 Å². The number of carbonyl (C=O) groups is 2. The van der Waals surface area contributed by atoms with Gasteiger partial charge in [0.2, 0.25) is 5.91 Å². The lowest BCUT2D eigenvalue weighted by Crippen LogP contribution is -2.37. The number of nitrogens with zero attached hydrogens (tertiary/aromatic N) is 1. The summed E-state index contributed by atoms with van der Waals surface area (Å²) in [5.74, 6) is -1.05. The van der Waals surface area contributed by atoms with Crippen LogP contribution in [0.3, 0.4) is 0 Å². The summed E-state index contributed by atoms with van der Waals surface area (Å²) in [6.45, 7) is 4.41. The second kappa shape index (κ2) is 7.66. The molecule has 2 fully saturated rings. The number of aliphatic carboxylic acids is 1. The maximum atomic E-state index is 12.8. The molecule has 0 aliphatic heterocycles. The Hall–Kier alpha value is -2.21. The molecule has 2 saturated carbocycles. The number of hydrogen-bond donors (Lipinski definition) is 2. The van der Waals surface area contributed by atoms with E-state index in [-0.39, 0.29) is 17.7 Å². The molecule has 2 aliphatic carbocycles. The van der Waals surface area contributed by atoms with Gasteiger partial charge in [-0.05, 0) is 49.0 Å². The smallest absolute Gasteiger partial charge is 0.307 e. The Kier molecular flexibility index (Phi) is 5.23. The van der Waals surface area contributed by atoms with E-state index in [0.29, 0.717) is 11.0 Å². The van der Waals surface area contributed by atoms with Crippen LogP contribution in [0.25, 0.3) is 11.3 Å². The van der Waals surface area contributed by atoms with Crippen molar-refractivity contribution in [3.63, 3.8) is 0 Å². The molecule has 1 aromatic carbocycles. The summed E-state index contributed by atoms with van der Waals surface area (Å²) < 4.78 is 0. The van der Waals surface area contributed by atoms with Gasteiger partial charge < -0.3 is 10.4 Å². The van der Waals surface area contributed by atoms with Gasteiger partial charge in [-0.15, -0.1) is 11.3 Å². The molecule has 2 aromatic rings. The number of benzene rings is 1. The Morgan fingerprint density at radius 1 is 1.18 bits per heavy atom. The Morgan fingerprint density at radius 3 is 2.50 bits per heavy atom. The summed E-state index contributed by atoms with van der Waals surface area (Å²) in [7, 11) is 0. The molecule has 28 heavy (non-hydrogen) atoms. The second-order valence-corrected chi connectivity index (χ2v) is 9.40. The van der Waals surface area contributed by atoms with Gasteiger partial charge in [0.15, 0.2) is 5.13 Å². The standard InChI is InChI=1S/C22H26N2O3S/c1-12(2)9-13-3-5-14(6-4-13)17-11-28-22(23-17)24-20(25)18-15-7-8-16(10-15)19(18)21(26)27/h3-6,11-12,15-16,18-19H,7-10H2,1-2H3,(H,26,27)(H,23,24,25)/t15-,16-,18+,19+/m0/s1. The van der Waals surface area contributed by atoms with Crippen molar-refractivity contribution in [2.24, 2.45) is 29.6 Å². The number of rotatable bonds is 6. The van der Waals surface area contributed by atoms with E-state index in [1.54, 1.807) is 0 Å². The van der Waals surface area contributed by atoms with Gasteiger partial charge in [0, 0.05) is 10.9 Å². The first-order chi connectivity index (χ1) is 13.4. The van der Waals surface area contributed by atoms with Gasteiger partial charge in [-0.25, -0.2) is 4.98 Å². The molecule has 1 aromatic heterocycles. The molecule has 1 heterocycles. The Labute approximate surface area is 169 Å². The molecule has 0 saturated heterocycles. The first-order valence-corrected chi connectivity index (χ1v) is 10.9. The van der Waals surface area contributed by atoms with E-state index in [4.69, 9.17) is 0 Å². The van der Waals surface area contributed by atoms with E-state index in [0.717, 1.165) is 36.9 Å². The summed E-state index contributed by atoms with van der Waals surface area (Å²) in [5, 5.41) is 14.9. The lowest BCUT2D eigenvalue weighted by molar-refractivity contribution is -0.148. The Bertz CT molecular complexity index is 874. The van der Waals surface area contributed by atoms with Crippen LogP contribution < -0.4 is 5.32 Å². The lowest BCUT2D eigenvalue weighted by atomic mass is 9.79. The minimum absolute atomic E-state index is 0.148. The van der Waals surface area contributed by atoms with E-state index in [9.17, 15) is 14.7 Å². The van der Waals surface area contributed by atoms with Crippen LogP contribution in [0.5, 0.6) is 0 Å². The van der Waals surface area contributed by atoms with Crippen molar-refractivity contribution in [2.75, 3.05) is 5.32 Å². The molecule has 4 rings (SSSR count). The van der Waals surface area contributed by atoms with Crippen LogP contribution in [0.4, 0.5) is 5.13 Å². The zero-order chi connectivity index (χ0) is 19.8. The average molecular weight is 399 g/mol. The third-order valence-corrected chi connectivity index (χ3v) is 6.89. The van der Waals surface area contributed by atoms with Crippen molar-refractivity contribution in [3.8, 4) is 11.3 Å². The molecule has 5 nitrogen and oxygen atoms in total. The predicted molar refractivity (Wildman–Crippen MR) is 110 cm³/mol. The number of nitrogens with one attached hydrogen (secondary N) is 1. The molecule has 2 N–H and O–H groups in total. The molecule has 4 atom stereocenters. The molecule has 1 amide bonds. The highest BCUT2D eigenvalue weighted by molar-refractivity contribution is 7.14. The van der Waals surface area contributed by atoms with E-state index < -0.39 is 17.8 Å². The number of carbonyl (C=O) groups excluding carboxylic acids is 1. The molecule has 148 valence electrons. The summed E-state index contributed by atoms with van der Waals surface area (Å²) in [6.07, 6.45) is 3.80. The number of carboxylic acids is 1. The van der Waals surface area contributed by atoms with Crippen molar-refractivity contribution in [1.29, 1.82) is 0 Å². The number of fused-ring (bicyclic) bond motifs is 2. The van der Waals surface area contributed by atoms with Gasteiger partial charge in [0.05, 0.1) is 17.5 Å². The fraction of sp³-hybridized carbons (Fsp3) is 0.500. The first kappa shape index (κ1) is 19.1. The number of hydrogen-bond acceptors (Lipinski definition) is 4. The molecule has 0 spiro atoms. The van der Waals surface area contributed by atoms with Crippen LogP contribution in [0, 0.1) is 29.6 Å². The van der Waals surface area contributed by atoms with E-state index in [1.807, 2.05) is 5.38 Å². The molecular weight excluding hydrogens is 372 g/mol. The van der Waals surface area contributed by atoms with E-state index in [2.05, 4.69) is 48.4 Å². The highest BCUT2D eigenvalue weighted by atomic mass is 32.1. The number of thiazole rings is 1. The Morgan fingerprint density at radius 2 is 1.86 bits per heavy atom. The van der Waals surface area contributed by atoms with Gasteiger partial charge in [-0.1, -0.05) is 38.1 Å². The first-order valence-electron chi connectivity index (χ1n) is 10.0. The van der Waals surface area contributed by atoms with Crippen LogP contribution >= 0.6 is 11.3 Å². The van der Waals surface area contributed by atoms with Gasteiger partial charge in [-0.2, -0.15) is 0 Å². The molecule has 2 aliphatic rings. The topological polar surface area (TPSA) is 79.3 Å². The van der Waals surface area contributed by atoms with E-state index >= 15 is 0 Å². The maximum Gasteiger partial charge on any atom is 0.307 e. The zero-order valence-corrected chi connectivity index (χ0v) is 17.0. The monoisotopic (exact) mass is 398 g/mol. The van der Waals surface area contributed by atoms with Crippen LogP contribution in [-0.4, -0.2) is 22.0 Å². The van der Waals surface area contributed by atoms with E-state index in [1.165, 1.54) is 16.9 Å². The Balaban J connectivity index is 1.45. The van der Waals surface area contributed by atoms with Crippen LogP contribution in [0.2, 0.25) is 0 Å². The lowest BCUT2D eigenvalue weighted by Gasteiger charge is -2.26. The molecular formula is C22H26N2O3S. The fourth-order valence-corrected chi connectivity index (χ4v) is 5.68. The predicted octanol–water partition coefficient (Wildman–Crippen LogP) is 4.69. The highest BCUT2D eigenvalue weighted by Gasteiger charge is 2.54. The number of carboxylic acid groups (broad SMARTS) is 1. The number of aromatic nitrogens is 1. The minimum Gasteiger partial charge on any atom is -0.481 e. The van der Waals surface area contributed by atoms with Gasteiger partial charge in [0.1, 0.15) is 0 Å². The minimum atomic E-state index is -0.839. The summed E-state index contributed by atoms with van der Waals surface area (Å²) in [6, 6.07) is 8.38. The quantitative estimate of drug-likeness (QED) is 0.739. The maximum absolute atomic E-state index is 12.8. The van der Waals surface area contributed by atoms with Crippen molar-refractivity contribution < 1.29 is 14.7 Å². The molecule has 6 heteroatoms. The van der Waals surface area contributed by atoms with Gasteiger partial charge >= 0.3 is 5.97 Å². The third-order valence-electron chi connectivity index (χ3n) is 6.13. The van der Waals surface area contributed by atoms with Crippen molar-refractivity contribution in [3.05, 3.63) is 35.2 Å². The molecule has 0 radical (unpaired) electrons. The second-order valence-electron chi connectivity index (χ2n) is 8.55. The highest BCUT2D eigenvalue weighted by Crippen LogP contribution is 2.52. The van der Waals surface area contributed by atoms with Crippen molar-refractivity contribution in [2.45, 2.75) is 39.5 Å². The largest absolute Gasteiger partial charge is 0.481 e. The van der Waals surface area contributed by atoms with Gasteiger partial charge in [0.25, 0.3) is 0 Å². The van der Waals surface area contributed by atoms with Crippen molar-refractivity contribution in [1.82, 2.24) is 4.98 Å². The average Bonchev–Trinajstić information content (AvgIpc) is 3.37. The third kappa shape index (κ3) is 3.70. The van der Waals surface area contributed by atoms with Crippen LogP contribution in [-0.2, 0) is 16.0 Å². The number of anilines is 1. The normalized spacial score (nSPS) is 26.0. The van der Waals surface area contributed by atoms with Gasteiger partial charge in [-0.3, -0.25) is 9.59 Å². The SMILES string of the molecule is CC(C)Cc1ccc(-c2csc(NC(=O)[C@@H]3[C@H]4CC[C@@H](C4)[C@H]3C(=O)O)n2)cc1. The molecule has 0 unspecified atom stereocenters. The van der Waals surface area contributed by atoms with Crippen LogP contribution in [0.15, 0.2) is 29.6 Å². The summed E-state index contributed by atoms with van der Waals surface area (Å²) >= 11 is 1.39. The summed E-state index contributed by atoms with van der Waals surface area (Å²) in [5.41, 5.74) is 3.16. The molecule has 2 bridgehead atoms. The van der Waals surface area contributed by atoms with Crippen molar-refractivity contribution >= 4 is 28.3 Å². The number of amides is 1. The summed E-state index contributed by atoms with van der Waals surface area (Å²) in [4.78, 5) is 29.0. The fourth-order valence-electron chi connectivity index (χ4n) is 4.96. The zero-order valence-electron chi connectivity index (χ0n) is 16.2.